The highest BCUT2D eigenvalue weighted by Gasteiger charge is 2.30. The Bertz CT molecular complexity index is 522. The Morgan fingerprint density at radius 1 is 1.61 bits per heavy atom. The van der Waals surface area contributed by atoms with E-state index in [-0.39, 0.29) is 22.5 Å². The molecule has 3 unspecified atom stereocenters. The van der Waals surface area contributed by atoms with E-state index in [2.05, 4.69) is 23.0 Å². The van der Waals surface area contributed by atoms with E-state index < -0.39 is 0 Å². The molecule has 1 aromatic heterocycles. The minimum atomic E-state index is -0.248. The summed E-state index contributed by atoms with van der Waals surface area (Å²) in [5.41, 5.74) is 5.30. The minimum Gasteiger partial charge on any atom is -0.383 e. The van der Waals surface area contributed by atoms with Crippen LogP contribution in [0, 0.1) is 23.2 Å². The first-order chi connectivity index (χ1) is 8.58. The molecule has 96 valence electrons. The van der Waals surface area contributed by atoms with Crippen LogP contribution in [-0.4, -0.2) is 15.2 Å². The van der Waals surface area contributed by atoms with E-state index in [1.807, 2.05) is 0 Å². The van der Waals surface area contributed by atoms with Gasteiger partial charge in [-0.3, -0.25) is 4.79 Å². The first kappa shape index (κ1) is 13.0. The van der Waals surface area contributed by atoms with Crippen molar-refractivity contribution in [2.24, 2.45) is 11.8 Å². The van der Waals surface area contributed by atoms with Crippen molar-refractivity contribution in [2.75, 3.05) is 5.73 Å². The molecule has 0 radical (unpaired) electrons. The van der Waals surface area contributed by atoms with Gasteiger partial charge in [0.1, 0.15) is 5.82 Å². The molecule has 0 bridgehead atoms. The molecule has 2 rings (SSSR count). The summed E-state index contributed by atoms with van der Waals surface area (Å²) in [5, 5.41) is 9.85. The molecule has 0 spiro atoms. The van der Waals surface area contributed by atoms with Crippen LogP contribution in [0.2, 0.25) is 0 Å². The van der Waals surface area contributed by atoms with Gasteiger partial charge in [-0.1, -0.05) is 18.7 Å². The normalized spacial score (nSPS) is 27.7. The van der Waals surface area contributed by atoms with E-state index in [1.54, 1.807) is 0 Å². The molecule has 18 heavy (non-hydrogen) atoms. The molecule has 1 aliphatic rings. The van der Waals surface area contributed by atoms with Crippen molar-refractivity contribution in [2.45, 2.75) is 36.6 Å². The third kappa shape index (κ3) is 3.05. The summed E-state index contributed by atoms with van der Waals surface area (Å²) in [4.78, 5) is 18.1. The van der Waals surface area contributed by atoms with Crippen molar-refractivity contribution < 1.29 is 0 Å². The second-order valence-corrected chi connectivity index (χ2v) is 6.01. The van der Waals surface area contributed by atoms with Gasteiger partial charge in [0.05, 0.1) is 12.0 Å². The summed E-state index contributed by atoms with van der Waals surface area (Å²) in [6.45, 7) is 2.19. The topological polar surface area (TPSA) is 95.6 Å². The Balaban J connectivity index is 2.16. The predicted octanol–water partition coefficient (Wildman–Crippen LogP) is 1.77. The third-order valence-corrected chi connectivity index (χ3v) is 4.46. The molecule has 3 atom stereocenters. The Morgan fingerprint density at radius 3 is 3.06 bits per heavy atom. The van der Waals surface area contributed by atoms with Crippen LogP contribution in [0.1, 0.15) is 26.2 Å². The van der Waals surface area contributed by atoms with Crippen LogP contribution in [0.15, 0.2) is 16.0 Å². The van der Waals surface area contributed by atoms with Crippen molar-refractivity contribution in [1.29, 1.82) is 5.26 Å². The van der Waals surface area contributed by atoms with E-state index in [0.717, 1.165) is 19.3 Å². The molecule has 5 nitrogen and oxygen atoms in total. The maximum atomic E-state index is 11.3. The van der Waals surface area contributed by atoms with Crippen molar-refractivity contribution in [3.63, 3.8) is 0 Å². The SMILES string of the molecule is CC1CCC(C#N)C(Sc2nc(N)cc(=O)[nH]2)C1. The third-order valence-electron chi connectivity index (χ3n) is 3.22. The van der Waals surface area contributed by atoms with Gasteiger partial charge >= 0.3 is 0 Å². The largest absolute Gasteiger partial charge is 0.383 e. The summed E-state index contributed by atoms with van der Waals surface area (Å²) in [7, 11) is 0. The number of aromatic nitrogens is 2. The fourth-order valence-corrected chi connectivity index (χ4v) is 3.65. The zero-order valence-corrected chi connectivity index (χ0v) is 11.0. The number of thioether (sulfide) groups is 1. The van der Waals surface area contributed by atoms with Crippen molar-refractivity contribution in [1.82, 2.24) is 9.97 Å². The van der Waals surface area contributed by atoms with Gasteiger partial charge in [0, 0.05) is 11.3 Å². The Kier molecular flexibility index (Phi) is 3.92. The number of nitrogens with two attached hydrogens (primary N) is 1. The number of rotatable bonds is 2. The number of anilines is 1. The maximum absolute atomic E-state index is 11.3. The first-order valence-electron chi connectivity index (χ1n) is 6.01. The highest BCUT2D eigenvalue weighted by molar-refractivity contribution is 7.99. The summed E-state index contributed by atoms with van der Waals surface area (Å²) in [5.74, 6) is 0.858. The van der Waals surface area contributed by atoms with Crippen LogP contribution in [0.25, 0.3) is 0 Å². The predicted molar refractivity (Wildman–Crippen MR) is 71.0 cm³/mol. The van der Waals surface area contributed by atoms with Crippen LogP contribution < -0.4 is 11.3 Å². The number of nitriles is 1. The number of aromatic amines is 1. The lowest BCUT2D eigenvalue weighted by molar-refractivity contribution is 0.345. The van der Waals surface area contributed by atoms with Crippen LogP contribution in [0.5, 0.6) is 0 Å². The molecule has 0 amide bonds. The number of nitrogens with one attached hydrogen (secondary N) is 1. The zero-order chi connectivity index (χ0) is 13.1. The standard InChI is InChI=1S/C12H16N4OS/c1-7-2-3-8(6-13)9(4-7)18-12-15-10(14)5-11(17)16-12/h5,7-9H,2-4H2,1H3,(H3,14,15,16,17). The van der Waals surface area contributed by atoms with Gasteiger partial charge in [0.25, 0.3) is 5.56 Å². The number of hydrogen-bond donors (Lipinski definition) is 2. The molecule has 1 saturated carbocycles. The van der Waals surface area contributed by atoms with Crippen molar-refractivity contribution in [3.8, 4) is 6.07 Å². The monoisotopic (exact) mass is 264 g/mol. The minimum absolute atomic E-state index is 0.0259. The highest BCUT2D eigenvalue weighted by atomic mass is 32.2. The average molecular weight is 264 g/mol. The van der Waals surface area contributed by atoms with Crippen LogP contribution in [0.4, 0.5) is 5.82 Å². The van der Waals surface area contributed by atoms with Crippen LogP contribution in [0.3, 0.4) is 0 Å². The molecule has 1 aliphatic carbocycles. The molecule has 0 aromatic carbocycles. The number of hydrogen-bond acceptors (Lipinski definition) is 5. The zero-order valence-electron chi connectivity index (χ0n) is 10.2. The van der Waals surface area contributed by atoms with Gasteiger partial charge in [0.15, 0.2) is 5.16 Å². The summed E-state index contributed by atoms with van der Waals surface area (Å²) in [6.07, 6.45) is 2.99. The van der Waals surface area contributed by atoms with Gasteiger partial charge in [-0.2, -0.15) is 5.26 Å². The van der Waals surface area contributed by atoms with E-state index in [0.29, 0.717) is 11.1 Å². The molecule has 6 heteroatoms. The maximum Gasteiger partial charge on any atom is 0.253 e. The van der Waals surface area contributed by atoms with E-state index in [9.17, 15) is 4.79 Å². The van der Waals surface area contributed by atoms with Crippen LogP contribution in [-0.2, 0) is 0 Å². The van der Waals surface area contributed by atoms with E-state index in [4.69, 9.17) is 11.0 Å². The lowest BCUT2D eigenvalue weighted by atomic mass is 9.83. The van der Waals surface area contributed by atoms with Gasteiger partial charge in [-0.15, -0.1) is 0 Å². The number of nitrogens with zero attached hydrogens (tertiary/aromatic N) is 2. The molecule has 0 aliphatic heterocycles. The average Bonchev–Trinajstić information content (AvgIpc) is 2.27. The lowest BCUT2D eigenvalue weighted by Gasteiger charge is -2.29. The molecule has 3 N–H and O–H groups in total. The summed E-state index contributed by atoms with van der Waals surface area (Å²) in [6, 6.07) is 3.61. The molecule has 1 aromatic rings. The Labute approximate surface area is 110 Å². The molecule has 1 fully saturated rings. The summed E-state index contributed by atoms with van der Waals surface area (Å²) < 4.78 is 0. The fraction of sp³-hybridized carbons (Fsp3) is 0.583. The van der Waals surface area contributed by atoms with Crippen LogP contribution >= 0.6 is 11.8 Å². The number of nitrogen functional groups attached to an aromatic ring is 1. The van der Waals surface area contributed by atoms with Gasteiger partial charge < -0.3 is 10.7 Å². The lowest BCUT2D eigenvalue weighted by Crippen LogP contribution is -2.25. The summed E-state index contributed by atoms with van der Waals surface area (Å²) >= 11 is 1.46. The number of H-pyrrole nitrogens is 1. The molecule has 0 saturated heterocycles. The first-order valence-corrected chi connectivity index (χ1v) is 6.89. The Hall–Kier alpha value is -1.48. The van der Waals surface area contributed by atoms with Gasteiger partial charge in [0.2, 0.25) is 0 Å². The fourth-order valence-electron chi connectivity index (χ4n) is 2.26. The van der Waals surface area contributed by atoms with Gasteiger partial charge in [-0.05, 0) is 25.2 Å². The quantitative estimate of drug-likeness (QED) is 0.794. The van der Waals surface area contributed by atoms with Crippen molar-refractivity contribution >= 4 is 17.6 Å². The molecule has 1 heterocycles. The smallest absolute Gasteiger partial charge is 0.253 e. The second-order valence-electron chi connectivity index (χ2n) is 4.79. The van der Waals surface area contributed by atoms with Gasteiger partial charge in [-0.25, -0.2) is 4.98 Å². The van der Waals surface area contributed by atoms with E-state index in [1.165, 1.54) is 17.8 Å². The van der Waals surface area contributed by atoms with Crippen molar-refractivity contribution in [3.05, 3.63) is 16.4 Å². The molecular formula is C12H16N4OS. The highest BCUT2D eigenvalue weighted by Crippen LogP contribution is 2.38. The van der Waals surface area contributed by atoms with E-state index >= 15 is 0 Å². The Morgan fingerprint density at radius 2 is 2.39 bits per heavy atom. The second kappa shape index (κ2) is 5.44. The molecular weight excluding hydrogens is 248 g/mol.